The topological polar surface area (TPSA) is 55.4 Å². The van der Waals surface area contributed by atoms with E-state index in [0.29, 0.717) is 5.56 Å². The Balaban J connectivity index is 1.60. The predicted octanol–water partition coefficient (Wildman–Crippen LogP) is 3.99. The fourth-order valence-electron chi connectivity index (χ4n) is 3.35. The number of benzene rings is 2. The maximum absolute atomic E-state index is 12.5. The van der Waals surface area contributed by atoms with Crippen molar-refractivity contribution in [3.8, 4) is 0 Å². The van der Waals surface area contributed by atoms with Gasteiger partial charge >= 0.3 is 5.97 Å². The molecule has 2 aromatic carbocycles. The highest BCUT2D eigenvalue weighted by Crippen LogP contribution is 2.29. The summed E-state index contributed by atoms with van der Waals surface area (Å²) in [4.78, 5) is 24.7. The van der Waals surface area contributed by atoms with E-state index in [-0.39, 0.29) is 11.9 Å². The molecule has 0 saturated heterocycles. The molecular formula is C22H25NO3. The van der Waals surface area contributed by atoms with Crippen LogP contribution in [0.1, 0.15) is 59.8 Å². The number of ether oxygens (including phenoxy) is 1. The van der Waals surface area contributed by atoms with Crippen LogP contribution >= 0.6 is 0 Å². The van der Waals surface area contributed by atoms with Crippen molar-refractivity contribution >= 4 is 11.9 Å². The average Bonchev–Trinajstić information content (AvgIpc) is 2.68. The molecule has 0 fully saturated rings. The SMILES string of the molecule is CCc1ccc(C(=O)O[C@@H](C)C(=O)N[C@@H]2CCCc3ccccc32)cc1. The fraction of sp³-hybridized carbons (Fsp3) is 0.364. The molecule has 1 aliphatic carbocycles. The zero-order valence-electron chi connectivity index (χ0n) is 15.3. The van der Waals surface area contributed by atoms with Crippen molar-refractivity contribution in [1.29, 1.82) is 0 Å². The minimum absolute atomic E-state index is 0.0163. The summed E-state index contributed by atoms with van der Waals surface area (Å²) in [6.45, 7) is 3.67. The van der Waals surface area contributed by atoms with Crippen molar-refractivity contribution in [2.75, 3.05) is 0 Å². The number of aryl methyl sites for hydroxylation is 2. The number of carbonyl (C=O) groups is 2. The van der Waals surface area contributed by atoms with Gasteiger partial charge < -0.3 is 10.1 Å². The lowest BCUT2D eigenvalue weighted by Gasteiger charge is -2.27. The van der Waals surface area contributed by atoms with Crippen LogP contribution in [0.25, 0.3) is 0 Å². The number of amides is 1. The number of rotatable bonds is 5. The highest BCUT2D eigenvalue weighted by atomic mass is 16.5. The number of esters is 1. The van der Waals surface area contributed by atoms with Crippen LogP contribution in [0.5, 0.6) is 0 Å². The molecule has 2 atom stereocenters. The van der Waals surface area contributed by atoms with Crippen LogP contribution < -0.4 is 5.32 Å². The number of hydrogen-bond acceptors (Lipinski definition) is 3. The van der Waals surface area contributed by atoms with Gasteiger partial charge in [-0.05, 0) is 61.4 Å². The second-order valence-corrected chi connectivity index (χ2v) is 6.75. The van der Waals surface area contributed by atoms with E-state index < -0.39 is 12.1 Å². The minimum atomic E-state index is -0.831. The molecule has 0 bridgehead atoms. The molecule has 4 heteroatoms. The smallest absolute Gasteiger partial charge is 0.338 e. The average molecular weight is 351 g/mol. The Morgan fingerprint density at radius 3 is 2.62 bits per heavy atom. The summed E-state index contributed by atoms with van der Waals surface area (Å²) in [5, 5.41) is 3.03. The Hall–Kier alpha value is -2.62. The third-order valence-electron chi connectivity index (χ3n) is 4.94. The Labute approximate surface area is 154 Å². The molecule has 2 aromatic rings. The maximum Gasteiger partial charge on any atom is 0.338 e. The highest BCUT2D eigenvalue weighted by Gasteiger charge is 2.25. The zero-order valence-corrected chi connectivity index (χ0v) is 15.3. The van der Waals surface area contributed by atoms with E-state index in [1.54, 1.807) is 19.1 Å². The summed E-state index contributed by atoms with van der Waals surface area (Å²) in [5.74, 6) is -0.732. The lowest BCUT2D eigenvalue weighted by atomic mass is 9.87. The van der Waals surface area contributed by atoms with Gasteiger partial charge in [-0.25, -0.2) is 4.79 Å². The minimum Gasteiger partial charge on any atom is -0.449 e. The summed E-state index contributed by atoms with van der Waals surface area (Å²) in [6.07, 6.45) is 3.07. The molecule has 0 unspecified atom stereocenters. The molecule has 0 aliphatic heterocycles. The van der Waals surface area contributed by atoms with E-state index in [9.17, 15) is 9.59 Å². The molecule has 136 valence electrons. The number of fused-ring (bicyclic) bond motifs is 1. The first-order valence-corrected chi connectivity index (χ1v) is 9.26. The molecule has 1 amide bonds. The van der Waals surface area contributed by atoms with Crippen LogP contribution in [0.3, 0.4) is 0 Å². The van der Waals surface area contributed by atoms with Crippen LogP contribution in [0.2, 0.25) is 0 Å². The van der Waals surface area contributed by atoms with Gasteiger partial charge in [-0.15, -0.1) is 0 Å². The summed E-state index contributed by atoms with van der Waals surface area (Å²) >= 11 is 0. The zero-order chi connectivity index (χ0) is 18.5. The van der Waals surface area contributed by atoms with Gasteiger partial charge in [0.1, 0.15) is 0 Å². The Morgan fingerprint density at radius 2 is 1.88 bits per heavy atom. The summed E-state index contributed by atoms with van der Waals surface area (Å²) < 4.78 is 5.35. The highest BCUT2D eigenvalue weighted by molar-refractivity contribution is 5.92. The van der Waals surface area contributed by atoms with Crippen LogP contribution in [0, 0.1) is 0 Å². The van der Waals surface area contributed by atoms with Gasteiger partial charge in [0.25, 0.3) is 5.91 Å². The monoisotopic (exact) mass is 351 g/mol. The van der Waals surface area contributed by atoms with Crippen LogP contribution in [0.15, 0.2) is 48.5 Å². The Morgan fingerprint density at radius 1 is 1.15 bits per heavy atom. The first-order valence-electron chi connectivity index (χ1n) is 9.26. The molecule has 0 saturated carbocycles. The number of hydrogen-bond donors (Lipinski definition) is 1. The van der Waals surface area contributed by atoms with E-state index >= 15 is 0 Å². The summed E-state index contributed by atoms with van der Waals surface area (Å²) in [7, 11) is 0. The van der Waals surface area contributed by atoms with Gasteiger partial charge in [-0.3, -0.25) is 4.79 Å². The van der Waals surface area contributed by atoms with Gasteiger partial charge in [0, 0.05) is 0 Å². The van der Waals surface area contributed by atoms with Crippen molar-refractivity contribution in [2.24, 2.45) is 0 Å². The van der Waals surface area contributed by atoms with Gasteiger partial charge in [-0.1, -0.05) is 43.3 Å². The van der Waals surface area contributed by atoms with Gasteiger partial charge in [-0.2, -0.15) is 0 Å². The molecule has 4 nitrogen and oxygen atoms in total. The molecule has 1 aliphatic rings. The molecule has 0 aromatic heterocycles. The van der Waals surface area contributed by atoms with Crippen molar-refractivity contribution in [3.05, 3.63) is 70.8 Å². The first kappa shape index (κ1) is 18.2. The van der Waals surface area contributed by atoms with E-state index in [1.807, 2.05) is 24.3 Å². The van der Waals surface area contributed by atoms with Crippen LogP contribution in [0.4, 0.5) is 0 Å². The van der Waals surface area contributed by atoms with Crippen molar-refractivity contribution in [2.45, 2.75) is 51.7 Å². The third-order valence-corrected chi connectivity index (χ3v) is 4.94. The molecule has 3 rings (SSSR count). The molecule has 1 N–H and O–H groups in total. The van der Waals surface area contributed by atoms with E-state index in [4.69, 9.17) is 4.74 Å². The quantitative estimate of drug-likeness (QED) is 0.829. The van der Waals surface area contributed by atoms with E-state index in [0.717, 1.165) is 31.2 Å². The van der Waals surface area contributed by atoms with E-state index in [1.165, 1.54) is 11.1 Å². The number of nitrogens with one attached hydrogen (secondary N) is 1. The Bertz CT molecular complexity index is 782. The number of carbonyl (C=O) groups excluding carboxylic acids is 2. The molecule has 0 heterocycles. The van der Waals surface area contributed by atoms with Crippen molar-refractivity contribution in [1.82, 2.24) is 5.32 Å². The standard InChI is InChI=1S/C22H25NO3/c1-3-16-11-13-18(14-12-16)22(25)26-15(2)21(24)23-20-10-6-8-17-7-4-5-9-19(17)20/h4-5,7,9,11-15,20H,3,6,8,10H2,1-2H3,(H,23,24)/t15-,20+/m0/s1. The molecule has 0 radical (unpaired) electrons. The lowest BCUT2D eigenvalue weighted by molar-refractivity contribution is -0.130. The van der Waals surface area contributed by atoms with Gasteiger partial charge in [0.15, 0.2) is 6.10 Å². The first-order chi connectivity index (χ1) is 12.6. The van der Waals surface area contributed by atoms with Crippen LogP contribution in [-0.4, -0.2) is 18.0 Å². The molecular weight excluding hydrogens is 326 g/mol. The van der Waals surface area contributed by atoms with Gasteiger partial charge in [0.2, 0.25) is 0 Å². The van der Waals surface area contributed by atoms with Crippen molar-refractivity contribution < 1.29 is 14.3 Å². The third kappa shape index (κ3) is 4.13. The second kappa shape index (κ2) is 8.17. The lowest BCUT2D eigenvalue weighted by Crippen LogP contribution is -2.39. The van der Waals surface area contributed by atoms with Crippen LogP contribution in [-0.2, 0) is 22.4 Å². The summed E-state index contributed by atoms with van der Waals surface area (Å²) in [6, 6.07) is 15.5. The second-order valence-electron chi connectivity index (χ2n) is 6.75. The van der Waals surface area contributed by atoms with E-state index in [2.05, 4.69) is 24.4 Å². The Kier molecular flexibility index (Phi) is 5.71. The predicted molar refractivity (Wildman–Crippen MR) is 101 cm³/mol. The fourth-order valence-corrected chi connectivity index (χ4v) is 3.35. The van der Waals surface area contributed by atoms with Crippen molar-refractivity contribution in [3.63, 3.8) is 0 Å². The molecule has 26 heavy (non-hydrogen) atoms. The largest absolute Gasteiger partial charge is 0.449 e. The molecule has 0 spiro atoms. The maximum atomic E-state index is 12.5. The normalized spacial score (nSPS) is 17.1. The summed E-state index contributed by atoms with van der Waals surface area (Å²) in [5.41, 5.74) is 4.07. The van der Waals surface area contributed by atoms with Gasteiger partial charge in [0.05, 0.1) is 11.6 Å².